The highest BCUT2D eigenvalue weighted by molar-refractivity contribution is 6.25. The Bertz CT molecular complexity index is 97.1. The smallest absolute Gasteiger partial charge is 0.0689 e. The van der Waals surface area contributed by atoms with Crippen molar-refractivity contribution in [3.63, 3.8) is 0 Å². The lowest BCUT2D eigenvalue weighted by molar-refractivity contribution is 0.0974. The fourth-order valence-corrected chi connectivity index (χ4v) is 0.393. The Kier molecular flexibility index (Phi) is 4.83. The molecule has 0 heterocycles. The molecule has 0 aromatic rings. The van der Waals surface area contributed by atoms with Gasteiger partial charge in [-0.15, -0.1) is 0 Å². The first-order valence-electron chi connectivity index (χ1n) is 3.04. The average molecular weight is 149 g/mol. The zero-order valence-corrected chi connectivity index (χ0v) is 6.90. The molecule has 0 N–H and O–H groups in total. The Morgan fingerprint density at radius 2 is 2.22 bits per heavy atom. The van der Waals surface area contributed by atoms with Crippen LogP contribution in [-0.4, -0.2) is 12.7 Å². The summed E-state index contributed by atoms with van der Waals surface area (Å²) >= 11 is 5.39. The first-order chi connectivity index (χ1) is 4.16. The van der Waals surface area contributed by atoms with Crippen molar-refractivity contribution >= 4 is 11.6 Å². The molecule has 0 aliphatic heterocycles. The SMILES string of the molecule is C/C(=C/Cl)COC(C)C. The van der Waals surface area contributed by atoms with E-state index in [0.29, 0.717) is 6.61 Å². The molecule has 0 rings (SSSR count). The van der Waals surface area contributed by atoms with Crippen LogP contribution in [0.5, 0.6) is 0 Å². The third kappa shape index (κ3) is 5.87. The summed E-state index contributed by atoms with van der Waals surface area (Å²) in [4.78, 5) is 0. The van der Waals surface area contributed by atoms with Gasteiger partial charge < -0.3 is 4.74 Å². The van der Waals surface area contributed by atoms with Crippen LogP contribution in [0.3, 0.4) is 0 Å². The molecule has 0 aliphatic rings. The van der Waals surface area contributed by atoms with E-state index in [9.17, 15) is 0 Å². The van der Waals surface area contributed by atoms with E-state index >= 15 is 0 Å². The van der Waals surface area contributed by atoms with Crippen LogP contribution in [0.15, 0.2) is 11.1 Å². The maximum absolute atomic E-state index is 5.39. The molecule has 0 aromatic carbocycles. The van der Waals surface area contributed by atoms with Crippen LogP contribution in [0.4, 0.5) is 0 Å². The highest BCUT2D eigenvalue weighted by Gasteiger charge is 1.92. The summed E-state index contributed by atoms with van der Waals surface area (Å²) in [6.45, 7) is 6.58. The summed E-state index contributed by atoms with van der Waals surface area (Å²) < 4.78 is 5.24. The lowest BCUT2D eigenvalue weighted by Gasteiger charge is -2.05. The minimum Gasteiger partial charge on any atom is -0.374 e. The molecule has 0 aromatic heterocycles. The highest BCUT2D eigenvalue weighted by atomic mass is 35.5. The molecule has 1 nitrogen and oxygen atoms in total. The van der Waals surface area contributed by atoms with Gasteiger partial charge in [-0.1, -0.05) is 11.6 Å². The van der Waals surface area contributed by atoms with Crippen molar-refractivity contribution in [1.29, 1.82) is 0 Å². The molecule has 0 unspecified atom stereocenters. The lowest BCUT2D eigenvalue weighted by Crippen LogP contribution is -2.03. The van der Waals surface area contributed by atoms with Crippen LogP contribution in [0.2, 0.25) is 0 Å². The van der Waals surface area contributed by atoms with Crippen LogP contribution in [0.1, 0.15) is 20.8 Å². The molecule has 0 spiro atoms. The molecule has 54 valence electrons. The molecule has 0 saturated carbocycles. The molecular weight excluding hydrogens is 136 g/mol. The summed E-state index contributed by atoms with van der Waals surface area (Å²) in [5, 5.41) is 0. The van der Waals surface area contributed by atoms with Gasteiger partial charge in [-0.3, -0.25) is 0 Å². The number of hydrogen-bond donors (Lipinski definition) is 0. The lowest BCUT2D eigenvalue weighted by atomic mass is 10.4. The topological polar surface area (TPSA) is 9.23 Å². The van der Waals surface area contributed by atoms with E-state index in [4.69, 9.17) is 16.3 Å². The molecule has 9 heavy (non-hydrogen) atoms. The van der Waals surface area contributed by atoms with Gasteiger partial charge in [-0.05, 0) is 26.3 Å². The van der Waals surface area contributed by atoms with Crippen molar-refractivity contribution in [2.24, 2.45) is 0 Å². The molecule has 2 heteroatoms. The predicted octanol–water partition coefficient (Wildman–Crippen LogP) is 2.55. The van der Waals surface area contributed by atoms with Crippen molar-refractivity contribution < 1.29 is 4.74 Å². The van der Waals surface area contributed by atoms with E-state index in [2.05, 4.69) is 0 Å². The Morgan fingerprint density at radius 1 is 1.67 bits per heavy atom. The number of rotatable bonds is 3. The fraction of sp³-hybridized carbons (Fsp3) is 0.714. The Labute approximate surface area is 61.7 Å². The van der Waals surface area contributed by atoms with Gasteiger partial charge in [0.25, 0.3) is 0 Å². The van der Waals surface area contributed by atoms with Gasteiger partial charge in [-0.2, -0.15) is 0 Å². The van der Waals surface area contributed by atoms with Crippen molar-refractivity contribution in [2.75, 3.05) is 6.61 Å². The molecular formula is C7H13ClO. The quantitative estimate of drug-likeness (QED) is 0.598. The van der Waals surface area contributed by atoms with Crippen molar-refractivity contribution in [3.8, 4) is 0 Å². The van der Waals surface area contributed by atoms with Crippen molar-refractivity contribution in [1.82, 2.24) is 0 Å². The van der Waals surface area contributed by atoms with Crippen molar-refractivity contribution in [2.45, 2.75) is 26.9 Å². The van der Waals surface area contributed by atoms with Crippen LogP contribution in [0.25, 0.3) is 0 Å². The summed E-state index contributed by atoms with van der Waals surface area (Å²) in [5.74, 6) is 0. The number of ether oxygens (including phenoxy) is 1. The Balaban J connectivity index is 3.28. The van der Waals surface area contributed by atoms with E-state index in [1.54, 1.807) is 5.54 Å². The van der Waals surface area contributed by atoms with Gasteiger partial charge in [0.1, 0.15) is 0 Å². The first-order valence-corrected chi connectivity index (χ1v) is 3.48. The molecule has 0 atom stereocenters. The Morgan fingerprint density at radius 3 is 2.56 bits per heavy atom. The van der Waals surface area contributed by atoms with Gasteiger partial charge in [-0.25, -0.2) is 0 Å². The third-order valence-electron chi connectivity index (χ3n) is 0.831. The summed E-state index contributed by atoms with van der Waals surface area (Å²) in [6.07, 6.45) is 0.288. The fourth-order valence-electron chi connectivity index (χ4n) is 0.330. The van der Waals surface area contributed by atoms with Gasteiger partial charge in [0.15, 0.2) is 0 Å². The van der Waals surface area contributed by atoms with Gasteiger partial charge in [0.2, 0.25) is 0 Å². The number of halogens is 1. The second-order valence-electron chi connectivity index (χ2n) is 2.32. The second-order valence-corrected chi connectivity index (χ2v) is 2.53. The average Bonchev–Trinajstić information content (AvgIpc) is 1.83. The van der Waals surface area contributed by atoms with E-state index in [1.807, 2.05) is 20.8 Å². The third-order valence-corrected chi connectivity index (χ3v) is 1.20. The van der Waals surface area contributed by atoms with Gasteiger partial charge in [0.05, 0.1) is 12.7 Å². The van der Waals surface area contributed by atoms with Crippen LogP contribution >= 0.6 is 11.6 Å². The normalized spacial score (nSPS) is 12.8. The largest absolute Gasteiger partial charge is 0.374 e. The summed E-state index contributed by atoms with van der Waals surface area (Å²) in [5.41, 5.74) is 2.60. The standard InChI is InChI=1S/C7H13ClO/c1-6(2)9-5-7(3)4-8/h4,6H,5H2,1-3H3/b7-4-. The monoisotopic (exact) mass is 148 g/mol. The van der Waals surface area contributed by atoms with Gasteiger partial charge in [0, 0.05) is 5.54 Å². The van der Waals surface area contributed by atoms with E-state index in [-0.39, 0.29) is 6.10 Å². The predicted molar refractivity (Wildman–Crippen MR) is 40.7 cm³/mol. The second kappa shape index (κ2) is 4.83. The number of hydrogen-bond acceptors (Lipinski definition) is 1. The highest BCUT2D eigenvalue weighted by Crippen LogP contribution is 1.98. The van der Waals surface area contributed by atoms with E-state index in [1.165, 1.54) is 0 Å². The maximum atomic E-state index is 5.39. The molecule has 0 bridgehead atoms. The molecule has 0 aliphatic carbocycles. The van der Waals surface area contributed by atoms with Crippen LogP contribution < -0.4 is 0 Å². The summed E-state index contributed by atoms with van der Waals surface area (Å²) in [7, 11) is 0. The van der Waals surface area contributed by atoms with Crippen molar-refractivity contribution in [3.05, 3.63) is 11.1 Å². The minimum atomic E-state index is 0.288. The van der Waals surface area contributed by atoms with Gasteiger partial charge >= 0.3 is 0 Å². The van der Waals surface area contributed by atoms with Crippen LogP contribution in [0, 0.1) is 0 Å². The van der Waals surface area contributed by atoms with E-state index in [0.717, 1.165) is 5.57 Å². The summed E-state index contributed by atoms with van der Waals surface area (Å²) in [6, 6.07) is 0. The van der Waals surface area contributed by atoms with E-state index < -0.39 is 0 Å². The first kappa shape index (κ1) is 8.99. The molecule has 0 fully saturated rings. The molecule has 0 amide bonds. The zero-order valence-electron chi connectivity index (χ0n) is 6.15. The van der Waals surface area contributed by atoms with Crippen LogP contribution in [-0.2, 0) is 4.74 Å². The minimum absolute atomic E-state index is 0.288. The maximum Gasteiger partial charge on any atom is 0.0689 e. The molecule has 0 saturated heterocycles. The molecule has 0 radical (unpaired) electrons. The zero-order chi connectivity index (χ0) is 7.28. The Hall–Kier alpha value is -0.0100.